The summed E-state index contributed by atoms with van der Waals surface area (Å²) >= 11 is 0. The van der Waals surface area contributed by atoms with E-state index in [0.717, 1.165) is 13.0 Å². The summed E-state index contributed by atoms with van der Waals surface area (Å²) < 4.78 is 5.15. The van der Waals surface area contributed by atoms with Gasteiger partial charge in [-0.2, -0.15) is 0 Å². The number of likely N-dealkylation sites (N-methyl/N-ethyl adjacent to an activating group) is 1. The summed E-state index contributed by atoms with van der Waals surface area (Å²) in [5.41, 5.74) is 2.40. The number of phenols is 1. The number of methoxy groups -OCH3 is 1. The number of aromatic hydroxyl groups is 1. The van der Waals surface area contributed by atoms with Gasteiger partial charge in [-0.3, -0.25) is 0 Å². The molecule has 0 fully saturated rings. The van der Waals surface area contributed by atoms with Gasteiger partial charge in [-0.1, -0.05) is 0 Å². The molecule has 76 valence electrons. The molecular weight excluding hydrogens is 178 g/mol. The van der Waals surface area contributed by atoms with E-state index in [-0.39, 0.29) is 0 Å². The van der Waals surface area contributed by atoms with Crippen molar-refractivity contribution in [2.75, 3.05) is 25.7 Å². The fourth-order valence-corrected chi connectivity index (χ4v) is 2.03. The summed E-state index contributed by atoms with van der Waals surface area (Å²) in [5, 5.41) is 9.35. The Morgan fingerprint density at radius 1 is 1.57 bits per heavy atom. The van der Waals surface area contributed by atoms with Crippen LogP contribution in [0, 0.1) is 0 Å². The highest BCUT2D eigenvalue weighted by atomic mass is 16.5. The van der Waals surface area contributed by atoms with Gasteiger partial charge in [0.1, 0.15) is 5.75 Å². The van der Waals surface area contributed by atoms with E-state index in [1.165, 1.54) is 11.3 Å². The average molecular weight is 193 g/mol. The molecule has 1 aromatic rings. The second-order valence-corrected chi connectivity index (χ2v) is 3.74. The normalized spacial score (nSPS) is 19.9. The number of phenolic OH excluding ortho intramolecular Hbond substituents is 1. The molecule has 0 aliphatic carbocycles. The lowest BCUT2D eigenvalue weighted by atomic mass is 10.1. The first-order valence-corrected chi connectivity index (χ1v) is 4.76. The van der Waals surface area contributed by atoms with Crippen LogP contribution in [-0.2, 0) is 11.2 Å². The maximum atomic E-state index is 9.35. The monoisotopic (exact) mass is 193 g/mol. The zero-order valence-corrected chi connectivity index (χ0v) is 8.53. The standard InChI is InChI=1S/C11H15NO2/c1-12-9(7-14-2)5-8-6-10(13)3-4-11(8)12/h3-4,6,9,13H,5,7H2,1-2H3. The van der Waals surface area contributed by atoms with Gasteiger partial charge in [-0.15, -0.1) is 0 Å². The lowest BCUT2D eigenvalue weighted by molar-refractivity contribution is 0.180. The minimum Gasteiger partial charge on any atom is -0.508 e. The van der Waals surface area contributed by atoms with E-state index in [2.05, 4.69) is 11.9 Å². The van der Waals surface area contributed by atoms with Crippen molar-refractivity contribution in [1.29, 1.82) is 0 Å². The first kappa shape index (κ1) is 9.34. The zero-order valence-electron chi connectivity index (χ0n) is 8.53. The summed E-state index contributed by atoms with van der Waals surface area (Å²) in [6.07, 6.45) is 0.952. The molecule has 1 unspecified atom stereocenters. The Morgan fingerprint density at radius 2 is 2.36 bits per heavy atom. The second-order valence-electron chi connectivity index (χ2n) is 3.74. The lowest BCUT2D eigenvalue weighted by Gasteiger charge is -2.21. The number of nitrogens with zero attached hydrogens (tertiary/aromatic N) is 1. The van der Waals surface area contributed by atoms with Crippen molar-refractivity contribution in [3.63, 3.8) is 0 Å². The summed E-state index contributed by atoms with van der Waals surface area (Å²) in [6, 6.07) is 5.92. The fraction of sp³-hybridized carbons (Fsp3) is 0.455. The van der Waals surface area contributed by atoms with Crippen molar-refractivity contribution < 1.29 is 9.84 Å². The smallest absolute Gasteiger partial charge is 0.116 e. The molecule has 0 aromatic heterocycles. The maximum absolute atomic E-state index is 9.35. The number of ether oxygens (including phenoxy) is 1. The largest absolute Gasteiger partial charge is 0.508 e. The second kappa shape index (κ2) is 3.50. The summed E-state index contributed by atoms with van der Waals surface area (Å²) in [4.78, 5) is 2.21. The van der Waals surface area contributed by atoms with Crippen LogP contribution < -0.4 is 4.90 Å². The van der Waals surface area contributed by atoms with Crippen LogP contribution in [0.4, 0.5) is 5.69 Å². The molecule has 0 spiro atoms. The quantitative estimate of drug-likeness (QED) is 0.770. The van der Waals surface area contributed by atoms with Gasteiger partial charge >= 0.3 is 0 Å². The topological polar surface area (TPSA) is 32.7 Å². The van der Waals surface area contributed by atoms with Gasteiger partial charge in [-0.05, 0) is 30.2 Å². The van der Waals surface area contributed by atoms with E-state index in [1.54, 1.807) is 13.2 Å². The van der Waals surface area contributed by atoms with E-state index >= 15 is 0 Å². The fourth-order valence-electron chi connectivity index (χ4n) is 2.03. The number of fused-ring (bicyclic) bond motifs is 1. The van der Waals surface area contributed by atoms with Crippen molar-refractivity contribution in [3.8, 4) is 5.75 Å². The van der Waals surface area contributed by atoms with Crippen molar-refractivity contribution in [1.82, 2.24) is 0 Å². The van der Waals surface area contributed by atoms with Crippen LogP contribution in [0.15, 0.2) is 18.2 Å². The Morgan fingerprint density at radius 3 is 3.07 bits per heavy atom. The van der Waals surface area contributed by atoms with Crippen LogP contribution >= 0.6 is 0 Å². The molecular formula is C11H15NO2. The van der Waals surface area contributed by atoms with Crippen molar-refractivity contribution >= 4 is 5.69 Å². The summed E-state index contributed by atoms with van der Waals surface area (Å²) in [6.45, 7) is 0.728. The van der Waals surface area contributed by atoms with E-state index in [4.69, 9.17) is 4.74 Å². The van der Waals surface area contributed by atoms with Crippen LogP contribution in [0.25, 0.3) is 0 Å². The van der Waals surface area contributed by atoms with E-state index in [1.807, 2.05) is 12.1 Å². The zero-order chi connectivity index (χ0) is 10.1. The highest BCUT2D eigenvalue weighted by Crippen LogP contribution is 2.33. The van der Waals surface area contributed by atoms with Gasteiger partial charge in [0.15, 0.2) is 0 Å². The molecule has 1 atom stereocenters. The van der Waals surface area contributed by atoms with Crippen LogP contribution in [0.3, 0.4) is 0 Å². The summed E-state index contributed by atoms with van der Waals surface area (Å²) in [7, 11) is 3.78. The Labute approximate surface area is 83.9 Å². The van der Waals surface area contributed by atoms with Gasteiger partial charge < -0.3 is 14.7 Å². The minimum atomic E-state index is 0.343. The van der Waals surface area contributed by atoms with Crippen molar-refractivity contribution in [2.45, 2.75) is 12.5 Å². The Bertz CT molecular complexity index is 338. The number of benzene rings is 1. The molecule has 1 aliphatic rings. The van der Waals surface area contributed by atoms with Gasteiger partial charge in [0.2, 0.25) is 0 Å². The molecule has 1 aliphatic heterocycles. The first-order chi connectivity index (χ1) is 6.72. The molecule has 14 heavy (non-hydrogen) atoms. The lowest BCUT2D eigenvalue weighted by Crippen LogP contribution is -2.31. The number of anilines is 1. The van der Waals surface area contributed by atoms with Crippen molar-refractivity contribution in [2.24, 2.45) is 0 Å². The highest BCUT2D eigenvalue weighted by molar-refractivity contribution is 5.60. The SMILES string of the molecule is COCC1Cc2cc(O)ccc2N1C. The third kappa shape index (κ3) is 1.44. The van der Waals surface area contributed by atoms with E-state index in [0.29, 0.717) is 11.8 Å². The summed E-state index contributed by atoms with van der Waals surface area (Å²) in [5.74, 6) is 0.343. The van der Waals surface area contributed by atoms with Gasteiger partial charge in [0.05, 0.1) is 12.6 Å². The molecule has 0 saturated carbocycles. The minimum absolute atomic E-state index is 0.343. The molecule has 1 aromatic carbocycles. The first-order valence-electron chi connectivity index (χ1n) is 4.76. The van der Waals surface area contributed by atoms with Crippen molar-refractivity contribution in [3.05, 3.63) is 23.8 Å². The predicted molar refractivity (Wildman–Crippen MR) is 55.9 cm³/mol. The molecule has 1 heterocycles. The van der Waals surface area contributed by atoms with E-state index in [9.17, 15) is 5.11 Å². The molecule has 0 bridgehead atoms. The maximum Gasteiger partial charge on any atom is 0.116 e. The molecule has 2 rings (SSSR count). The van der Waals surface area contributed by atoms with E-state index < -0.39 is 0 Å². The third-order valence-corrected chi connectivity index (χ3v) is 2.81. The molecule has 1 N–H and O–H groups in total. The van der Waals surface area contributed by atoms with Crippen LogP contribution in [0.2, 0.25) is 0 Å². The van der Waals surface area contributed by atoms with Gasteiger partial charge in [-0.25, -0.2) is 0 Å². The van der Waals surface area contributed by atoms with Crippen LogP contribution in [-0.4, -0.2) is 31.9 Å². The Kier molecular flexibility index (Phi) is 2.33. The van der Waals surface area contributed by atoms with Gasteiger partial charge in [0, 0.05) is 19.8 Å². The van der Waals surface area contributed by atoms with Gasteiger partial charge in [0.25, 0.3) is 0 Å². The Hall–Kier alpha value is -1.22. The highest BCUT2D eigenvalue weighted by Gasteiger charge is 2.26. The predicted octanol–water partition coefficient (Wildman–Crippen LogP) is 1.40. The molecule has 0 radical (unpaired) electrons. The number of rotatable bonds is 2. The van der Waals surface area contributed by atoms with Crippen LogP contribution in [0.1, 0.15) is 5.56 Å². The third-order valence-electron chi connectivity index (χ3n) is 2.81. The molecule has 0 amide bonds. The van der Waals surface area contributed by atoms with Crippen LogP contribution in [0.5, 0.6) is 5.75 Å². The molecule has 0 saturated heterocycles. The molecule has 3 nitrogen and oxygen atoms in total. The number of hydrogen-bond acceptors (Lipinski definition) is 3. The molecule has 3 heteroatoms. The Balaban J connectivity index is 2.26. The average Bonchev–Trinajstić information content (AvgIpc) is 2.44. The number of hydrogen-bond donors (Lipinski definition) is 1.